The number of alkyl halides is 2. The van der Waals surface area contributed by atoms with Crippen LogP contribution >= 0.6 is 31.9 Å². The van der Waals surface area contributed by atoms with Crippen molar-refractivity contribution in [2.75, 3.05) is 96.7 Å². The summed E-state index contributed by atoms with van der Waals surface area (Å²) >= 11 is 5.72. The molecule has 4 amide bonds. The maximum Gasteiger partial charge on any atom is 0.228 e. The minimum Gasteiger partial charge on any atom is -0.379 e. The summed E-state index contributed by atoms with van der Waals surface area (Å²) in [6, 6.07) is 0. The molecule has 0 aliphatic heterocycles. The predicted octanol–water partition coefficient (Wildman–Crippen LogP) is 4.33. The molecule has 0 aliphatic carbocycles. The number of primary amides is 1. The molecule has 0 rings (SSSR count). The van der Waals surface area contributed by atoms with Gasteiger partial charge in [-0.05, 0) is 32.9 Å². The minimum atomic E-state index is -0.329. The van der Waals surface area contributed by atoms with Crippen molar-refractivity contribution in [3.05, 3.63) is 0 Å². The van der Waals surface area contributed by atoms with Gasteiger partial charge in [0.25, 0.3) is 0 Å². The Morgan fingerprint density at radius 1 is 0.528 bits per heavy atom. The van der Waals surface area contributed by atoms with E-state index in [9.17, 15) is 19.2 Å². The molecule has 0 heterocycles. The third kappa shape index (κ3) is 57.2. The highest BCUT2D eigenvalue weighted by atomic mass is 79.9. The van der Waals surface area contributed by atoms with Crippen LogP contribution in [-0.2, 0) is 42.9 Å². The predicted molar refractivity (Wildman–Crippen MR) is 219 cm³/mol. The first-order chi connectivity index (χ1) is 25.8. The molecule has 0 atom stereocenters. The molecule has 0 saturated heterocycles. The fraction of sp³-hybridized carbons (Fsp3) is 0.865. The Morgan fingerprint density at radius 2 is 0.868 bits per heavy atom. The Balaban J connectivity index is -0.00000246. The number of unbranched alkanes of at least 4 members (excludes halogenated alkanes) is 11. The summed E-state index contributed by atoms with van der Waals surface area (Å²) in [4.78, 5) is 54.1. The van der Waals surface area contributed by atoms with Crippen LogP contribution in [0.5, 0.6) is 0 Å². The second-order valence-electron chi connectivity index (χ2n) is 12.0. The first-order valence-corrected chi connectivity index (χ1v) is 21.6. The molecule has 0 aliphatic rings. The van der Waals surface area contributed by atoms with Crippen LogP contribution in [0.25, 0.3) is 0 Å². The Labute approximate surface area is 336 Å². The average molecular weight is 892 g/mol. The highest BCUT2D eigenvalue weighted by Gasteiger charge is 2.03. The van der Waals surface area contributed by atoms with Crippen molar-refractivity contribution in [1.29, 1.82) is 0 Å². The number of nitrogens with two attached hydrogens (primary N) is 1. The molecule has 0 aromatic carbocycles. The van der Waals surface area contributed by atoms with Crippen LogP contribution in [0.15, 0.2) is 0 Å². The molecule has 53 heavy (non-hydrogen) atoms. The molecular formula is C37H73Br2N5O9. The summed E-state index contributed by atoms with van der Waals surface area (Å²) in [6.45, 7) is 7.93. The summed E-state index contributed by atoms with van der Waals surface area (Å²) in [7, 11) is 1.90. The van der Waals surface area contributed by atoms with Gasteiger partial charge in [0.1, 0.15) is 6.29 Å². The van der Waals surface area contributed by atoms with Crippen LogP contribution in [0.2, 0.25) is 0 Å². The van der Waals surface area contributed by atoms with Crippen molar-refractivity contribution < 1.29 is 42.9 Å². The smallest absolute Gasteiger partial charge is 0.228 e. The highest BCUT2D eigenvalue weighted by molar-refractivity contribution is 9.09. The van der Waals surface area contributed by atoms with E-state index in [1.54, 1.807) is 0 Å². The number of rotatable bonds is 37. The number of amides is 4. The number of hydrogen-bond donors (Lipinski definition) is 5. The van der Waals surface area contributed by atoms with Gasteiger partial charge in [0, 0.05) is 38.9 Å². The molecule has 0 aromatic rings. The van der Waals surface area contributed by atoms with E-state index in [-0.39, 0.29) is 35.4 Å². The Kier molecular flexibility index (Phi) is 52.8. The first-order valence-electron chi connectivity index (χ1n) is 19.4. The van der Waals surface area contributed by atoms with Gasteiger partial charge in [-0.3, -0.25) is 19.2 Å². The SMILES string of the molecule is CCCCCCCCCCCCCC(=O)NCCOCCOCCNC(=O)CCOCCOCCNC(=O)CCCCNC.NC(=O)CBr.O=CCBr. The van der Waals surface area contributed by atoms with Crippen molar-refractivity contribution in [3.8, 4) is 0 Å². The van der Waals surface area contributed by atoms with Crippen LogP contribution in [0.3, 0.4) is 0 Å². The third-order valence-corrected chi connectivity index (χ3v) is 8.02. The van der Waals surface area contributed by atoms with E-state index in [2.05, 4.69) is 65.8 Å². The number of carbonyl (C=O) groups is 5. The molecule has 0 bridgehead atoms. The van der Waals surface area contributed by atoms with Gasteiger partial charge in [0.15, 0.2) is 0 Å². The number of aldehydes is 1. The summed E-state index contributed by atoms with van der Waals surface area (Å²) in [5.41, 5.74) is 4.61. The Morgan fingerprint density at radius 3 is 1.23 bits per heavy atom. The number of ether oxygens (including phenoxy) is 4. The Bertz CT molecular complexity index is 834. The highest BCUT2D eigenvalue weighted by Crippen LogP contribution is 2.11. The molecule has 6 N–H and O–H groups in total. The molecule has 0 spiro atoms. The van der Waals surface area contributed by atoms with Gasteiger partial charge in [0.05, 0.1) is 63.5 Å². The normalized spacial score (nSPS) is 10.3. The number of nitrogens with one attached hydrogen (secondary N) is 4. The molecule has 0 radical (unpaired) electrons. The zero-order valence-corrected chi connectivity index (χ0v) is 36.0. The lowest BCUT2D eigenvalue weighted by Gasteiger charge is -2.09. The summed E-state index contributed by atoms with van der Waals surface area (Å²) in [5.74, 6) is -0.274. The average Bonchev–Trinajstić information content (AvgIpc) is 3.15. The zero-order valence-electron chi connectivity index (χ0n) is 32.8. The van der Waals surface area contributed by atoms with Gasteiger partial charge in [-0.1, -0.05) is 103 Å². The molecule has 0 saturated carbocycles. The third-order valence-electron chi connectivity index (χ3n) is 7.21. The summed E-state index contributed by atoms with van der Waals surface area (Å²) in [5, 5.41) is 12.3. The van der Waals surface area contributed by atoms with Crippen molar-refractivity contribution in [1.82, 2.24) is 21.3 Å². The maximum absolute atomic E-state index is 11.9. The van der Waals surface area contributed by atoms with E-state index in [1.807, 2.05) is 7.05 Å². The molecule has 0 fully saturated rings. The molecule has 0 unspecified atom stereocenters. The largest absolute Gasteiger partial charge is 0.379 e. The Hall–Kier alpha value is -1.69. The van der Waals surface area contributed by atoms with Gasteiger partial charge in [0.2, 0.25) is 23.6 Å². The van der Waals surface area contributed by atoms with E-state index >= 15 is 0 Å². The fourth-order valence-electron chi connectivity index (χ4n) is 4.40. The van der Waals surface area contributed by atoms with Crippen LogP contribution in [0.1, 0.15) is 110 Å². The standard InChI is InChI=1S/C33H66N4O7.C2H4BrNO.C2H3BrO/c1-3-4-5-6-7-8-9-10-11-12-13-16-31(38)35-20-25-43-29-30-44-26-22-37-33(40)18-23-41-27-28-42-24-21-36-32(39)17-14-15-19-34-2;3-1-2(4)5;3-1-2-4/h34H,3-30H2,1-2H3,(H,35,38)(H,36,39)(H,37,40);1H2,(H2,4,5);2H,1H2. The lowest BCUT2D eigenvalue weighted by molar-refractivity contribution is -0.123. The van der Waals surface area contributed by atoms with Crippen molar-refractivity contribution in [2.45, 2.75) is 110 Å². The summed E-state index contributed by atoms with van der Waals surface area (Å²) < 4.78 is 21.8. The molecule has 16 heteroatoms. The van der Waals surface area contributed by atoms with Crippen molar-refractivity contribution in [3.63, 3.8) is 0 Å². The number of hydrogen-bond acceptors (Lipinski definition) is 10. The lowest BCUT2D eigenvalue weighted by Crippen LogP contribution is -2.29. The molecule has 314 valence electrons. The van der Waals surface area contributed by atoms with Crippen molar-refractivity contribution in [2.24, 2.45) is 5.73 Å². The van der Waals surface area contributed by atoms with E-state index in [0.717, 1.165) is 38.5 Å². The van der Waals surface area contributed by atoms with Crippen LogP contribution in [0.4, 0.5) is 0 Å². The lowest BCUT2D eigenvalue weighted by atomic mass is 10.1. The van der Waals surface area contributed by atoms with Gasteiger partial charge >= 0.3 is 0 Å². The second kappa shape index (κ2) is 50.3. The van der Waals surface area contributed by atoms with Gasteiger partial charge < -0.3 is 50.7 Å². The van der Waals surface area contributed by atoms with E-state index in [4.69, 9.17) is 23.7 Å². The summed E-state index contributed by atoms with van der Waals surface area (Å²) in [6.07, 6.45) is 18.1. The topological polar surface area (TPSA) is 196 Å². The van der Waals surface area contributed by atoms with Crippen LogP contribution < -0.4 is 27.0 Å². The number of halogens is 2. The molecular weight excluding hydrogens is 818 g/mol. The van der Waals surface area contributed by atoms with E-state index in [0.29, 0.717) is 90.7 Å². The zero-order chi connectivity index (χ0) is 39.9. The molecule has 0 aromatic heterocycles. The fourth-order valence-corrected chi connectivity index (χ4v) is 4.40. The van der Waals surface area contributed by atoms with Crippen LogP contribution in [-0.4, -0.2) is 127 Å². The minimum absolute atomic E-state index is 0.0487. The quantitative estimate of drug-likeness (QED) is 0.0341. The molecule has 14 nitrogen and oxygen atoms in total. The maximum atomic E-state index is 11.9. The monoisotopic (exact) mass is 889 g/mol. The number of carbonyl (C=O) groups excluding carboxylic acids is 5. The van der Waals surface area contributed by atoms with Gasteiger partial charge in [-0.15, -0.1) is 0 Å². The van der Waals surface area contributed by atoms with Gasteiger partial charge in [-0.2, -0.15) is 0 Å². The van der Waals surface area contributed by atoms with Crippen LogP contribution in [0, 0.1) is 0 Å². The van der Waals surface area contributed by atoms with E-state index < -0.39 is 0 Å². The van der Waals surface area contributed by atoms with Gasteiger partial charge in [-0.25, -0.2) is 0 Å². The van der Waals surface area contributed by atoms with Crippen molar-refractivity contribution >= 4 is 61.8 Å². The van der Waals surface area contributed by atoms with E-state index in [1.165, 1.54) is 57.8 Å². The second-order valence-corrected chi connectivity index (χ2v) is 13.2. The first kappa shape index (κ1) is 55.6.